The van der Waals surface area contributed by atoms with Crippen molar-refractivity contribution in [2.75, 3.05) is 0 Å². The molecule has 0 aromatic carbocycles. The van der Waals surface area contributed by atoms with E-state index in [0.29, 0.717) is 0 Å². The molecule has 0 aromatic rings. The van der Waals surface area contributed by atoms with Crippen molar-refractivity contribution in [2.24, 2.45) is 0 Å². The van der Waals surface area contributed by atoms with E-state index in [0.717, 1.165) is 0 Å². The molecule has 0 saturated carbocycles. The zero-order valence-electron chi connectivity index (χ0n) is 4.45. The minimum Gasteiger partial charge on any atom is -0.384 e. The molecular formula is C6H7NO. The van der Waals surface area contributed by atoms with E-state index in [1.54, 1.807) is 24.7 Å². The fourth-order valence-electron chi connectivity index (χ4n) is 0.424. The highest BCUT2D eigenvalue weighted by atomic mass is 16.7. The molecule has 1 rings (SSSR count). The van der Waals surface area contributed by atoms with Crippen LogP contribution in [0.2, 0.25) is 0 Å². The van der Waals surface area contributed by atoms with Crippen molar-refractivity contribution >= 4 is 0 Å². The van der Waals surface area contributed by atoms with E-state index < -0.39 is 0 Å². The predicted octanol–water partition coefficient (Wildman–Crippen LogP) is 1.40. The van der Waals surface area contributed by atoms with Gasteiger partial charge in [-0.25, -0.2) is 0 Å². The zero-order chi connectivity index (χ0) is 5.82. The molecular weight excluding hydrogens is 102 g/mol. The Morgan fingerprint density at radius 2 is 2.38 bits per heavy atom. The van der Waals surface area contributed by atoms with Crippen LogP contribution in [0.5, 0.6) is 0 Å². The Hall–Kier alpha value is -1.18. The number of rotatable bonds is 1. The summed E-state index contributed by atoms with van der Waals surface area (Å²) in [4.78, 5) is 4.88. The Morgan fingerprint density at radius 3 is 2.75 bits per heavy atom. The Morgan fingerprint density at radius 1 is 1.50 bits per heavy atom. The van der Waals surface area contributed by atoms with E-state index in [9.17, 15) is 0 Å². The van der Waals surface area contributed by atoms with E-state index >= 15 is 0 Å². The lowest BCUT2D eigenvalue weighted by Gasteiger charge is -2.13. The summed E-state index contributed by atoms with van der Waals surface area (Å²) in [6, 6.07) is 0. The Bertz CT molecular complexity index is 137. The molecule has 0 bridgehead atoms. The Kier molecular flexibility index (Phi) is 1.37. The normalized spacial score (nSPS) is 15.8. The lowest BCUT2D eigenvalue weighted by atomic mass is 10.5. The molecule has 0 fully saturated rings. The number of hydroxylamine groups is 2. The van der Waals surface area contributed by atoms with Crippen molar-refractivity contribution in [3.63, 3.8) is 0 Å². The van der Waals surface area contributed by atoms with Gasteiger partial charge in [-0.1, -0.05) is 6.58 Å². The third-order valence-corrected chi connectivity index (χ3v) is 0.785. The van der Waals surface area contributed by atoms with E-state index in [1.165, 1.54) is 5.06 Å². The largest absolute Gasteiger partial charge is 0.384 e. The van der Waals surface area contributed by atoms with E-state index in [-0.39, 0.29) is 0 Å². The van der Waals surface area contributed by atoms with Gasteiger partial charge < -0.3 is 4.84 Å². The van der Waals surface area contributed by atoms with Gasteiger partial charge in [0, 0.05) is 12.4 Å². The van der Waals surface area contributed by atoms with Crippen LogP contribution in [-0.2, 0) is 4.84 Å². The summed E-state index contributed by atoms with van der Waals surface area (Å²) in [5.41, 5.74) is 0. The third kappa shape index (κ3) is 0.904. The number of hydrogen-bond acceptors (Lipinski definition) is 2. The molecule has 0 aromatic heterocycles. The quantitative estimate of drug-likeness (QED) is 0.504. The first-order valence-electron chi connectivity index (χ1n) is 2.34. The van der Waals surface area contributed by atoms with Crippen molar-refractivity contribution in [2.45, 2.75) is 0 Å². The van der Waals surface area contributed by atoms with E-state index in [2.05, 4.69) is 6.58 Å². The molecule has 2 heteroatoms. The van der Waals surface area contributed by atoms with Gasteiger partial charge in [-0.15, -0.1) is 0 Å². The smallest absolute Gasteiger partial charge is 0.120 e. The summed E-state index contributed by atoms with van der Waals surface area (Å²) < 4.78 is 0. The monoisotopic (exact) mass is 109 g/mol. The first kappa shape index (κ1) is 4.97. The average molecular weight is 109 g/mol. The maximum absolute atomic E-state index is 4.88. The molecule has 0 spiro atoms. The van der Waals surface area contributed by atoms with Crippen LogP contribution in [-0.4, -0.2) is 5.06 Å². The maximum Gasteiger partial charge on any atom is 0.120 e. The van der Waals surface area contributed by atoms with Crippen LogP contribution in [0, 0.1) is 0 Å². The number of allylic oxidation sites excluding steroid dienone is 2. The second-order valence-electron chi connectivity index (χ2n) is 1.32. The van der Waals surface area contributed by atoms with Crippen molar-refractivity contribution < 1.29 is 4.84 Å². The van der Waals surface area contributed by atoms with Crippen molar-refractivity contribution in [3.05, 3.63) is 37.4 Å². The average Bonchev–Trinajstić information content (AvgIpc) is 1.90. The molecule has 0 atom stereocenters. The van der Waals surface area contributed by atoms with Gasteiger partial charge in [-0.2, -0.15) is 5.06 Å². The summed E-state index contributed by atoms with van der Waals surface area (Å²) in [6.45, 7) is 3.50. The fraction of sp³-hybridized carbons (Fsp3) is 0. The van der Waals surface area contributed by atoms with Crippen LogP contribution >= 0.6 is 0 Å². The topological polar surface area (TPSA) is 12.5 Å². The molecule has 0 radical (unpaired) electrons. The van der Waals surface area contributed by atoms with Crippen LogP contribution in [0.1, 0.15) is 0 Å². The molecule has 0 saturated heterocycles. The highest BCUT2D eigenvalue weighted by Crippen LogP contribution is 1.98. The van der Waals surface area contributed by atoms with Crippen LogP contribution in [0.15, 0.2) is 37.4 Å². The fourth-order valence-corrected chi connectivity index (χ4v) is 0.424. The lowest BCUT2D eigenvalue weighted by molar-refractivity contribution is -0.0115. The van der Waals surface area contributed by atoms with E-state index in [1.807, 2.05) is 6.08 Å². The van der Waals surface area contributed by atoms with Crippen molar-refractivity contribution in [1.29, 1.82) is 0 Å². The molecule has 0 N–H and O–H groups in total. The first-order valence-corrected chi connectivity index (χ1v) is 2.34. The minimum atomic E-state index is 1.51. The van der Waals surface area contributed by atoms with E-state index in [4.69, 9.17) is 4.84 Å². The Balaban J connectivity index is 2.51. The molecule has 0 aliphatic carbocycles. The summed E-state index contributed by atoms with van der Waals surface area (Å²) in [5.74, 6) is 0. The molecule has 2 nitrogen and oxygen atoms in total. The highest BCUT2D eigenvalue weighted by Gasteiger charge is 1.89. The van der Waals surface area contributed by atoms with Gasteiger partial charge in [-0.05, 0) is 12.2 Å². The van der Waals surface area contributed by atoms with Gasteiger partial charge in [0.1, 0.15) is 6.26 Å². The second-order valence-corrected chi connectivity index (χ2v) is 1.32. The SMILES string of the molecule is C=CN1C=CC=CO1. The van der Waals surface area contributed by atoms with Gasteiger partial charge in [0.15, 0.2) is 0 Å². The molecule has 1 aliphatic rings. The van der Waals surface area contributed by atoms with Crippen LogP contribution in [0.3, 0.4) is 0 Å². The summed E-state index contributed by atoms with van der Waals surface area (Å²) >= 11 is 0. The highest BCUT2D eigenvalue weighted by molar-refractivity contribution is 5.02. The third-order valence-electron chi connectivity index (χ3n) is 0.785. The Labute approximate surface area is 48.3 Å². The molecule has 0 unspecified atom stereocenters. The molecule has 42 valence electrons. The van der Waals surface area contributed by atoms with Gasteiger partial charge in [0.25, 0.3) is 0 Å². The second kappa shape index (κ2) is 2.21. The molecule has 0 amide bonds. The summed E-state index contributed by atoms with van der Waals surface area (Å²) in [5, 5.41) is 1.51. The van der Waals surface area contributed by atoms with Gasteiger partial charge >= 0.3 is 0 Å². The zero-order valence-corrected chi connectivity index (χ0v) is 4.45. The van der Waals surface area contributed by atoms with Crippen molar-refractivity contribution in [1.82, 2.24) is 5.06 Å². The molecule has 1 aliphatic heterocycles. The van der Waals surface area contributed by atoms with Crippen molar-refractivity contribution in [3.8, 4) is 0 Å². The van der Waals surface area contributed by atoms with Crippen LogP contribution in [0.4, 0.5) is 0 Å². The predicted molar refractivity (Wildman–Crippen MR) is 31.4 cm³/mol. The minimum absolute atomic E-state index is 1.51. The van der Waals surface area contributed by atoms with Gasteiger partial charge in [-0.3, -0.25) is 0 Å². The first-order chi connectivity index (χ1) is 3.93. The molecule has 1 heterocycles. The van der Waals surface area contributed by atoms with Gasteiger partial charge in [0.2, 0.25) is 0 Å². The standard InChI is InChI=1S/C6H7NO/c1-2-7-5-3-4-6-8-7/h2-6H,1H2. The lowest BCUT2D eigenvalue weighted by Crippen LogP contribution is -2.06. The number of hydrogen-bond donors (Lipinski definition) is 0. The van der Waals surface area contributed by atoms with Crippen LogP contribution < -0.4 is 0 Å². The summed E-state index contributed by atoms with van der Waals surface area (Å²) in [7, 11) is 0. The maximum atomic E-state index is 4.88. The summed E-state index contributed by atoms with van der Waals surface area (Å²) in [6.07, 6.45) is 8.61. The number of nitrogens with zero attached hydrogens (tertiary/aromatic N) is 1. The molecule has 8 heavy (non-hydrogen) atoms. The van der Waals surface area contributed by atoms with Gasteiger partial charge in [0.05, 0.1) is 0 Å². The van der Waals surface area contributed by atoms with Crippen LogP contribution in [0.25, 0.3) is 0 Å².